The monoisotopic (exact) mass is 215 g/mol. The fourth-order valence-corrected chi connectivity index (χ4v) is 1.33. The molecule has 1 aromatic carbocycles. The Kier molecular flexibility index (Phi) is 3.63. The van der Waals surface area contributed by atoms with E-state index in [-0.39, 0.29) is 0 Å². The topological polar surface area (TPSA) is 21.3 Å². The third-order valence-corrected chi connectivity index (χ3v) is 2.63. The molecule has 0 radical (unpaired) electrons. The van der Waals surface area contributed by atoms with Gasteiger partial charge in [0.15, 0.2) is 0 Å². The number of nitrogens with one attached hydrogen (secondary N) is 1. The second kappa shape index (κ2) is 4.57. The molecule has 0 aliphatic heterocycles. The van der Waals surface area contributed by atoms with Crippen molar-refractivity contribution in [1.82, 2.24) is 5.32 Å². The van der Waals surface area contributed by atoms with Crippen LogP contribution in [0.5, 0.6) is 5.75 Å². The smallest absolute Gasteiger partial charge is 0.260 e. The van der Waals surface area contributed by atoms with Gasteiger partial charge < -0.3 is 10.1 Å². The summed E-state index contributed by atoms with van der Waals surface area (Å²) in [6, 6.07) is 6.70. The first kappa shape index (κ1) is 11.9. The Morgan fingerprint density at radius 1 is 1.40 bits per heavy atom. The van der Waals surface area contributed by atoms with Gasteiger partial charge >= 0.3 is 0 Å². The molecule has 84 valence electrons. The quantitative estimate of drug-likeness (QED) is 0.832. The van der Waals surface area contributed by atoms with Crippen LogP contribution in [-0.2, 0) is 5.54 Å². The Bertz CT molecular complexity index is 330. The predicted molar refractivity (Wildman–Crippen MR) is 55.4 cm³/mol. The predicted octanol–water partition coefficient (Wildman–Crippen LogP) is 2.39. The highest BCUT2D eigenvalue weighted by Crippen LogP contribution is 2.29. The highest BCUT2D eigenvalue weighted by Gasteiger charge is 2.35. The lowest BCUT2D eigenvalue weighted by Crippen LogP contribution is -2.43. The van der Waals surface area contributed by atoms with Crippen molar-refractivity contribution in [2.75, 3.05) is 14.2 Å². The van der Waals surface area contributed by atoms with Gasteiger partial charge in [-0.3, -0.25) is 0 Å². The number of hydrogen-bond donors (Lipinski definition) is 1. The molecule has 0 saturated carbocycles. The minimum absolute atomic E-state index is 0.513. The minimum Gasteiger partial charge on any atom is -0.497 e. The lowest BCUT2D eigenvalue weighted by molar-refractivity contribution is 0.0431. The lowest BCUT2D eigenvalue weighted by Gasteiger charge is -2.29. The van der Waals surface area contributed by atoms with Gasteiger partial charge in [0, 0.05) is 0 Å². The maximum atomic E-state index is 12.9. The van der Waals surface area contributed by atoms with Crippen molar-refractivity contribution in [3.05, 3.63) is 29.8 Å². The Hall–Kier alpha value is -1.16. The number of rotatable bonds is 4. The van der Waals surface area contributed by atoms with Crippen molar-refractivity contribution in [1.29, 1.82) is 0 Å². The van der Waals surface area contributed by atoms with Crippen LogP contribution >= 0.6 is 0 Å². The van der Waals surface area contributed by atoms with E-state index in [4.69, 9.17) is 4.74 Å². The number of alkyl halides is 2. The molecular formula is C11H15F2NO. The third-order valence-electron chi connectivity index (χ3n) is 2.63. The summed E-state index contributed by atoms with van der Waals surface area (Å²) in [5, 5.41) is 2.64. The van der Waals surface area contributed by atoms with Gasteiger partial charge in [0.05, 0.1) is 7.11 Å². The average Bonchev–Trinajstić information content (AvgIpc) is 2.27. The normalized spacial score (nSPS) is 15.1. The molecule has 0 aliphatic rings. The highest BCUT2D eigenvalue weighted by atomic mass is 19.3. The van der Waals surface area contributed by atoms with Crippen LogP contribution in [0.3, 0.4) is 0 Å². The summed E-state index contributed by atoms with van der Waals surface area (Å²) in [6.07, 6.45) is -2.48. The van der Waals surface area contributed by atoms with E-state index in [0.29, 0.717) is 11.3 Å². The SMILES string of the molecule is CNC(C)(c1cccc(OC)c1)C(F)F. The molecule has 0 heterocycles. The molecule has 0 amide bonds. The molecule has 0 bridgehead atoms. The van der Waals surface area contributed by atoms with Crippen LogP contribution in [0.15, 0.2) is 24.3 Å². The maximum Gasteiger partial charge on any atom is 0.260 e. The van der Waals surface area contributed by atoms with Crippen LogP contribution in [0.1, 0.15) is 12.5 Å². The van der Waals surface area contributed by atoms with Crippen LogP contribution in [0.4, 0.5) is 8.78 Å². The molecule has 15 heavy (non-hydrogen) atoms. The largest absolute Gasteiger partial charge is 0.497 e. The Labute approximate surface area is 88.3 Å². The van der Waals surface area contributed by atoms with Gasteiger partial charge in [-0.15, -0.1) is 0 Å². The van der Waals surface area contributed by atoms with E-state index in [1.165, 1.54) is 21.1 Å². The van der Waals surface area contributed by atoms with E-state index in [1.54, 1.807) is 24.3 Å². The van der Waals surface area contributed by atoms with E-state index >= 15 is 0 Å². The van der Waals surface area contributed by atoms with Crippen molar-refractivity contribution < 1.29 is 13.5 Å². The zero-order valence-corrected chi connectivity index (χ0v) is 9.05. The fourth-order valence-electron chi connectivity index (χ4n) is 1.33. The zero-order valence-electron chi connectivity index (χ0n) is 9.05. The number of halogens is 2. The average molecular weight is 215 g/mol. The second-order valence-electron chi connectivity index (χ2n) is 3.49. The number of hydrogen-bond acceptors (Lipinski definition) is 2. The van der Waals surface area contributed by atoms with E-state index in [1.807, 2.05) is 0 Å². The van der Waals surface area contributed by atoms with Crippen molar-refractivity contribution in [3.63, 3.8) is 0 Å². The van der Waals surface area contributed by atoms with Crippen molar-refractivity contribution in [3.8, 4) is 5.75 Å². The summed E-state index contributed by atoms with van der Waals surface area (Å²) in [6.45, 7) is 1.46. The molecule has 0 aliphatic carbocycles. The van der Waals surface area contributed by atoms with Gasteiger partial charge in [-0.2, -0.15) is 0 Å². The Morgan fingerprint density at radius 2 is 2.07 bits per heavy atom. The number of benzene rings is 1. The summed E-state index contributed by atoms with van der Waals surface area (Å²) < 4.78 is 30.8. The standard InChI is InChI=1S/C11H15F2NO/c1-11(14-2,10(12)13)8-5-4-6-9(7-8)15-3/h4-7,10,14H,1-3H3. The Morgan fingerprint density at radius 3 is 2.53 bits per heavy atom. The summed E-state index contributed by atoms with van der Waals surface area (Å²) >= 11 is 0. The molecule has 4 heteroatoms. The maximum absolute atomic E-state index is 12.9. The molecular weight excluding hydrogens is 200 g/mol. The first-order valence-electron chi connectivity index (χ1n) is 4.66. The number of methoxy groups -OCH3 is 1. The highest BCUT2D eigenvalue weighted by molar-refractivity contribution is 5.33. The summed E-state index contributed by atoms with van der Waals surface area (Å²) in [4.78, 5) is 0. The van der Waals surface area contributed by atoms with Crippen LogP contribution in [0.25, 0.3) is 0 Å². The number of ether oxygens (including phenoxy) is 1. The van der Waals surface area contributed by atoms with Crippen molar-refractivity contribution in [2.24, 2.45) is 0 Å². The van der Waals surface area contributed by atoms with Gasteiger partial charge in [0.1, 0.15) is 11.3 Å². The molecule has 1 unspecified atom stereocenters. The molecule has 2 nitrogen and oxygen atoms in total. The van der Waals surface area contributed by atoms with Crippen LogP contribution in [-0.4, -0.2) is 20.6 Å². The minimum atomic E-state index is -2.48. The van der Waals surface area contributed by atoms with E-state index < -0.39 is 12.0 Å². The van der Waals surface area contributed by atoms with Gasteiger partial charge in [-0.25, -0.2) is 8.78 Å². The van der Waals surface area contributed by atoms with Gasteiger partial charge in [-0.05, 0) is 31.7 Å². The molecule has 0 spiro atoms. The lowest BCUT2D eigenvalue weighted by atomic mass is 9.92. The van der Waals surface area contributed by atoms with Crippen LogP contribution in [0, 0.1) is 0 Å². The Balaban J connectivity index is 3.12. The van der Waals surface area contributed by atoms with Gasteiger partial charge in [-0.1, -0.05) is 12.1 Å². The molecule has 0 aromatic heterocycles. The summed E-state index contributed by atoms with van der Waals surface area (Å²) in [5.74, 6) is 0.578. The van der Waals surface area contributed by atoms with E-state index in [0.717, 1.165) is 0 Å². The van der Waals surface area contributed by atoms with Crippen LogP contribution in [0.2, 0.25) is 0 Å². The van der Waals surface area contributed by atoms with E-state index in [2.05, 4.69) is 5.32 Å². The summed E-state index contributed by atoms with van der Waals surface area (Å²) in [5.41, 5.74) is -0.825. The molecule has 1 N–H and O–H groups in total. The molecule has 1 rings (SSSR count). The zero-order chi connectivity index (χ0) is 11.5. The van der Waals surface area contributed by atoms with Crippen LogP contribution < -0.4 is 10.1 Å². The third kappa shape index (κ3) is 2.26. The molecule has 0 fully saturated rings. The first-order chi connectivity index (χ1) is 7.04. The van der Waals surface area contributed by atoms with Crippen molar-refractivity contribution in [2.45, 2.75) is 18.9 Å². The van der Waals surface area contributed by atoms with Gasteiger partial charge in [0.2, 0.25) is 0 Å². The van der Waals surface area contributed by atoms with Gasteiger partial charge in [0.25, 0.3) is 6.43 Å². The van der Waals surface area contributed by atoms with E-state index in [9.17, 15) is 8.78 Å². The molecule has 0 saturated heterocycles. The fraction of sp³-hybridized carbons (Fsp3) is 0.455. The first-order valence-corrected chi connectivity index (χ1v) is 4.66. The molecule has 1 atom stereocenters. The summed E-state index contributed by atoms with van der Waals surface area (Å²) in [7, 11) is 3.03. The van der Waals surface area contributed by atoms with Crippen molar-refractivity contribution >= 4 is 0 Å². The molecule has 1 aromatic rings. The second-order valence-corrected chi connectivity index (χ2v) is 3.49.